The SMILES string of the molecule is Cc1ccsc1[C@H]1CCN(Cc2c(C)nn(C)c2Cl)C[C@@H]1O. The minimum absolute atomic E-state index is 0.265. The zero-order valence-electron chi connectivity index (χ0n) is 13.2. The van der Waals surface area contributed by atoms with Crippen molar-refractivity contribution in [2.45, 2.75) is 38.8 Å². The molecule has 1 fully saturated rings. The van der Waals surface area contributed by atoms with Crippen LogP contribution in [-0.4, -0.2) is 39.0 Å². The summed E-state index contributed by atoms with van der Waals surface area (Å²) in [6.45, 7) is 6.53. The maximum absolute atomic E-state index is 10.6. The van der Waals surface area contributed by atoms with Gasteiger partial charge < -0.3 is 5.11 Å². The first-order valence-electron chi connectivity index (χ1n) is 7.59. The number of rotatable bonds is 3. The first-order valence-corrected chi connectivity index (χ1v) is 8.85. The number of aromatic nitrogens is 2. The molecule has 22 heavy (non-hydrogen) atoms. The minimum Gasteiger partial charge on any atom is -0.391 e. The average Bonchev–Trinajstić information content (AvgIpc) is 2.98. The molecule has 0 aromatic carbocycles. The Kier molecular flexibility index (Phi) is 4.59. The van der Waals surface area contributed by atoms with E-state index >= 15 is 0 Å². The fourth-order valence-electron chi connectivity index (χ4n) is 3.29. The van der Waals surface area contributed by atoms with E-state index in [1.54, 1.807) is 16.0 Å². The third-order valence-electron chi connectivity index (χ3n) is 4.56. The molecule has 1 aliphatic rings. The largest absolute Gasteiger partial charge is 0.391 e. The van der Waals surface area contributed by atoms with Crippen LogP contribution in [0.25, 0.3) is 0 Å². The van der Waals surface area contributed by atoms with Crippen molar-refractivity contribution in [3.05, 3.63) is 38.3 Å². The van der Waals surface area contributed by atoms with E-state index in [2.05, 4.69) is 28.4 Å². The number of thiophene rings is 1. The standard InChI is InChI=1S/C16H22ClN3OS/c1-10-5-7-22-15(10)12-4-6-20(9-14(12)21)8-13-11(2)18-19(3)16(13)17/h5,7,12,14,21H,4,6,8-9H2,1-3H3/t12-,14-/m0/s1. The van der Waals surface area contributed by atoms with Crippen LogP contribution in [0.5, 0.6) is 0 Å². The molecule has 2 atom stereocenters. The van der Waals surface area contributed by atoms with Gasteiger partial charge in [0.2, 0.25) is 0 Å². The molecule has 120 valence electrons. The molecule has 6 heteroatoms. The van der Waals surface area contributed by atoms with Gasteiger partial charge >= 0.3 is 0 Å². The molecule has 0 unspecified atom stereocenters. The predicted octanol–water partition coefficient (Wildman–Crippen LogP) is 3.10. The molecule has 1 saturated heterocycles. The number of nitrogens with zero attached hydrogens (tertiary/aromatic N) is 3. The van der Waals surface area contributed by atoms with E-state index < -0.39 is 0 Å². The molecular formula is C16H22ClN3OS. The third kappa shape index (κ3) is 2.95. The number of aliphatic hydroxyl groups is 1. The molecule has 3 heterocycles. The number of hydrogen-bond donors (Lipinski definition) is 1. The van der Waals surface area contributed by atoms with Gasteiger partial charge in [-0.15, -0.1) is 11.3 Å². The highest BCUT2D eigenvalue weighted by molar-refractivity contribution is 7.10. The van der Waals surface area contributed by atoms with Crippen molar-refractivity contribution in [2.75, 3.05) is 13.1 Å². The van der Waals surface area contributed by atoms with E-state index in [1.807, 2.05) is 14.0 Å². The molecule has 0 aliphatic carbocycles. The smallest absolute Gasteiger partial charge is 0.131 e. The molecule has 4 nitrogen and oxygen atoms in total. The lowest BCUT2D eigenvalue weighted by atomic mass is 9.90. The van der Waals surface area contributed by atoms with E-state index in [-0.39, 0.29) is 12.0 Å². The first kappa shape index (κ1) is 16.0. The van der Waals surface area contributed by atoms with Gasteiger partial charge in [-0.2, -0.15) is 5.10 Å². The van der Waals surface area contributed by atoms with E-state index in [4.69, 9.17) is 11.6 Å². The topological polar surface area (TPSA) is 41.3 Å². The van der Waals surface area contributed by atoms with Crippen LogP contribution in [0.2, 0.25) is 5.15 Å². The van der Waals surface area contributed by atoms with Crippen molar-refractivity contribution in [3.8, 4) is 0 Å². The number of β-amino-alcohol motifs (C(OH)–C–C–N with tert-alkyl or cyclic N) is 1. The highest BCUT2D eigenvalue weighted by atomic mass is 35.5. The first-order chi connectivity index (χ1) is 10.5. The van der Waals surface area contributed by atoms with Crippen molar-refractivity contribution < 1.29 is 5.11 Å². The summed E-state index contributed by atoms with van der Waals surface area (Å²) in [6, 6.07) is 2.14. The van der Waals surface area contributed by atoms with Crippen LogP contribution in [0.1, 0.15) is 34.0 Å². The second-order valence-corrected chi connectivity index (χ2v) is 7.45. The summed E-state index contributed by atoms with van der Waals surface area (Å²) in [6.07, 6.45) is 0.668. The van der Waals surface area contributed by atoms with Crippen LogP contribution >= 0.6 is 22.9 Å². The Morgan fingerprint density at radius 3 is 2.77 bits per heavy atom. The number of piperidine rings is 1. The summed E-state index contributed by atoms with van der Waals surface area (Å²) in [5.74, 6) is 0.265. The van der Waals surface area contributed by atoms with E-state index in [0.29, 0.717) is 11.7 Å². The van der Waals surface area contributed by atoms with Gasteiger partial charge in [0.15, 0.2) is 0 Å². The number of halogens is 1. The number of aliphatic hydroxyl groups excluding tert-OH is 1. The van der Waals surface area contributed by atoms with Crippen LogP contribution in [0, 0.1) is 13.8 Å². The normalized spacial score (nSPS) is 23.1. The van der Waals surface area contributed by atoms with Crippen molar-refractivity contribution in [1.82, 2.24) is 14.7 Å². The fourth-order valence-corrected chi connectivity index (χ4v) is 4.64. The van der Waals surface area contributed by atoms with Gasteiger partial charge in [0.25, 0.3) is 0 Å². The van der Waals surface area contributed by atoms with Crippen molar-refractivity contribution in [3.63, 3.8) is 0 Å². The van der Waals surface area contributed by atoms with Crippen LogP contribution in [0.4, 0.5) is 0 Å². The summed E-state index contributed by atoms with van der Waals surface area (Å²) in [5.41, 5.74) is 3.34. The minimum atomic E-state index is -0.318. The average molecular weight is 340 g/mol. The molecule has 2 aromatic rings. The molecule has 0 spiro atoms. The van der Waals surface area contributed by atoms with E-state index in [9.17, 15) is 5.11 Å². The Morgan fingerprint density at radius 1 is 1.45 bits per heavy atom. The molecule has 1 aliphatic heterocycles. The summed E-state index contributed by atoms with van der Waals surface area (Å²) in [5, 5.41) is 17.7. The van der Waals surface area contributed by atoms with Crippen LogP contribution in [0.15, 0.2) is 11.4 Å². The monoisotopic (exact) mass is 339 g/mol. The second-order valence-electron chi connectivity index (χ2n) is 6.14. The van der Waals surface area contributed by atoms with Gasteiger partial charge in [-0.3, -0.25) is 9.58 Å². The molecule has 1 N–H and O–H groups in total. The number of hydrogen-bond acceptors (Lipinski definition) is 4. The quantitative estimate of drug-likeness (QED) is 0.934. The Hall–Kier alpha value is -0.880. The Morgan fingerprint density at radius 2 is 2.23 bits per heavy atom. The summed E-state index contributed by atoms with van der Waals surface area (Å²) >= 11 is 8.07. The van der Waals surface area contributed by atoms with Crippen molar-refractivity contribution >= 4 is 22.9 Å². The third-order valence-corrected chi connectivity index (χ3v) is 6.18. The van der Waals surface area contributed by atoms with Gasteiger partial charge in [0.05, 0.1) is 11.8 Å². The molecular weight excluding hydrogens is 318 g/mol. The molecule has 2 aromatic heterocycles. The van der Waals surface area contributed by atoms with Crippen LogP contribution < -0.4 is 0 Å². The van der Waals surface area contributed by atoms with E-state index in [0.717, 1.165) is 30.8 Å². The lowest BCUT2D eigenvalue weighted by Gasteiger charge is -2.35. The Balaban J connectivity index is 1.69. The van der Waals surface area contributed by atoms with Gasteiger partial charge in [0, 0.05) is 36.5 Å². The van der Waals surface area contributed by atoms with Gasteiger partial charge in [0.1, 0.15) is 5.15 Å². The lowest BCUT2D eigenvalue weighted by Crippen LogP contribution is -2.42. The van der Waals surface area contributed by atoms with Gasteiger partial charge in [-0.1, -0.05) is 11.6 Å². The second kappa shape index (κ2) is 6.32. The zero-order chi connectivity index (χ0) is 15.9. The van der Waals surface area contributed by atoms with Crippen molar-refractivity contribution in [1.29, 1.82) is 0 Å². The molecule has 0 bridgehead atoms. The maximum Gasteiger partial charge on any atom is 0.131 e. The fraction of sp³-hybridized carbons (Fsp3) is 0.562. The molecule has 3 rings (SSSR count). The van der Waals surface area contributed by atoms with Gasteiger partial charge in [-0.25, -0.2) is 0 Å². The molecule has 0 radical (unpaired) electrons. The zero-order valence-corrected chi connectivity index (χ0v) is 14.8. The lowest BCUT2D eigenvalue weighted by molar-refractivity contribution is 0.0485. The summed E-state index contributed by atoms with van der Waals surface area (Å²) in [4.78, 5) is 3.61. The highest BCUT2D eigenvalue weighted by Crippen LogP contribution is 2.34. The molecule has 0 saturated carbocycles. The Bertz CT molecular complexity index is 666. The maximum atomic E-state index is 10.6. The number of aryl methyl sites for hydroxylation is 3. The van der Waals surface area contributed by atoms with Gasteiger partial charge in [-0.05, 0) is 43.8 Å². The highest BCUT2D eigenvalue weighted by Gasteiger charge is 2.31. The Labute approximate surface area is 140 Å². The summed E-state index contributed by atoms with van der Waals surface area (Å²) in [7, 11) is 1.86. The van der Waals surface area contributed by atoms with Crippen LogP contribution in [0.3, 0.4) is 0 Å². The summed E-state index contributed by atoms with van der Waals surface area (Å²) < 4.78 is 1.71. The van der Waals surface area contributed by atoms with Crippen LogP contribution in [-0.2, 0) is 13.6 Å². The van der Waals surface area contributed by atoms with Crippen molar-refractivity contribution in [2.24, 2.45) is 7.05 Å². The molecule has 0 amide bonds. The number of likely N-dealkylation sites (tertiary alicyclic amines) is 1. The predicted molar refractivity (Wildman–Crippen MR) is 90.7 cm³/mol. The van der Waals surface area contributed by atoms with E-state index in [1.165, 1.54) is 10.4 Å².